The zero-order valence-electron chi connectivity index (χ0n) is 12.3. The first-order valence-electron chi connectivity index (χ1n) is 7.24. The molecule has 0 aliphatic heterocycles. The molecule has 1 amide bonds. The molecule has 0 atom stereocenters. The Hall–Kier alpha value is -2.11. The van der Waals surface area contributed by atoms with Gasteiger partial charge in [0, 0.05) is 24.7 Å². The zero-order valence-corrected chi connectivity index (χ0v) is 12.3. The van der Waals surface area contributed by atoms with Gasteiger partial charge < -0.3 is 15.7 Å². The summed E-state index contributed by atoms with van der Waals surface area (Å²) in [6.45, 7) is 4.96. The first kappa shape index (κ1) is 15.3. The maximum absolute atomic E-state index is 11.5. The van der Waals surface area contributed by atoms with Crippen molar-refractivity contribution in [2.75, 3.05) is 18.4 Å². The molecule has 3 N–H and O–H groups in total. The van der Waals surface area contributed by atoms with Gasteiger partial charge in [0.15, 0.2) is 0 Å². The molecule has 0 saturated heterocycles. The first-order valence-corrected chi connectivity index (χ1v) is 7.24. The minimum absolute atomic E-state index is 0.104. The minimum atomic E-state index is -0.968. The normalized spacial score (nSPS) is 14.0. The van der Waals surface area contributed by atoms with Crippen LogP contribution in [0.1, 0.15) is 48.7 Å². The minimum Gasteiger partial charge on any atom is -0.478 e. The van der Waals surface area contributed by atoms with Crippen molar-refractivity contribution in [3.63, 3.8) is 0 Å². The van der Waals surface area contributed by atoms with Gasteiger partial charge in [-0.05, 0) is 30.9 Å². The predicted octanol–water partition coefficient (Wildman–Crippen LogP) is 1.84. The summed E-state index contributed by atoms with van der Waals surface area (Å²) < 4.78 is 0. The molecule has 114 valence electrons. The van der Waals surface area contributed by atoms with Crippen LogP contribution in [-0.4, -0.2) is 35.1 Å². The standard InChI is InChI=1S/C15H21N3O3/c1-9(2)12-7-11(15(20)21)8-13(18-12)16-5-6-17-14(19)10-3-4-10/h7-10H,3-6H2,1-2H3,(H,16,18)(H,17,19)(H,20,21). The fraction of sp³-hybridized carbons (Fsp3) is 0.533. The number of carboxylic acids is 1. The van der Waals surface area contributed by atoms with Gasteiger partial charge >= 0.3 is 5.97 Å². The van der Waals surface area contributed by atoms with Crippen LogP contribution in [0, 0.1) is 5.92 Å². The molecule has 1 heterocycles. The van der Waals surface area contributed by atoms with E-state index in [0.717, 1.165) is 18.5 Å². The van der Waals surface area contributed by atoms with Crippen molar-refractivity contribution < 1.29 is 14.7 Å². The number of anilines is 1. The van der Waals surface area contributed by atoms with Gasteiger partial charge in [-0.15, -0.1) is 0 Å². The highest BCUT2D eigenvalue weighted by Crippen LogP contribution is 2.28. The van der Waals surface area contributed by atoms with Gasteiger partial charge in [0.2, 0.25) is 5.91 Å². The molecule has 1 aromatic rings. The number of carbonyl (C=O) groups excluding carboxylic acids is 1. The van der Waals surface area contributed by atoms with Crippen LogP contribution in [0.3, 0.4) is 0 Å². The Morgan fingerprint density at radius 3 is 2.62 bits per heavy atom. The zero-order chi connectivity index (χ0) is 15.4. The lowest BCUT2D eigenvalue weighted by atomic mass is 10.1. The van der Waals surface area contributed by atoms with E-state index in [4.69, 9.17) is 5.11 Å². The highest BCUT2D eigenvalue weighted by atomic mass is 16.4. The summed E-state index contributed by atoms with van der Waals surface area (Å²) in [7, 11) is 0. The molecule has 1 fully saturated rings. The monoisotopic (exact) mass is 291 g/mol. The number of nitrogens with one attached hydrogen (secondary N) is 2. The van der Waals surface area contributed by atoms with Crippen molar-refractivity contribution in [1.29, 1.82) is 0 Å². The third-order valence-corrected chi connectivity index (χ3v) is 3.36. The summed E-state index contributed by atoms with van der Waals surface area (Å²) in [6, 6.07) is 3.10. The molecule has 1 aromatic heterocycles. The summed E-state index contributed by atoms with van der Waals surface area (Å²) in [5, 5.41) is 15.0. The second-order valence-electron chi connectivity index (χ2n) is 5.62. The average Bonchev–Trinajstić information content (AvgIpc) is 3.27. The number of aromatic carboxylic acids is 1. The summed E-state index contributed by atoms with van der Waals surface area (Å²) in [4.78, 5) is 27.0. The topological polar surface area (TPSA) is 91.3 Å². The van der Waals surface area contributed by atoms with Crippen LogP contribution in [0.15, 0.2) is 12.1 Å². The van der Waals surface area contributed by atoms with Crippen molar-refractivity contribution in [1.82, 2.24) is 10.3 Å². The van der Waals surface area contributed by atoms with E-state index in [9.17, 15) is 9.59 Å². The predicted molar refractivity (Wildman–Crippen MR) is 79.5 cm³/mol. The number of rotatable bonds is 7. The second kappa shape index (κ2) is 6.56. The Labute approximate surface area is 124 Å². The van der Waals surface area contributed by atoms with E-state index < -0.39 is 5.97 Å². The molecule has 1 saturated carbocycles. The van der Waals surface area contributed by atoms with Gasteiger partial charge in [-0.25, -0.2) is 9.78 Å². The number of pyridine rings is 1. The Kier molecular flexibility index (Phi) is 4.77. The maximum atomic E-state index is 11.5. The quantitative estimate of drug-likeness (QED) is 0.667. The van der Waals surface area contributed by atoms with Crippen molar-refractivity contribution in [3.8, 4) is 0 Å². The van der Waals surface area contributed by atoms with Crippen molar-refractivity contribution in [2.45, 2.75) is 32.6 Å². The van der Waals surface area contributed by atoms with Crippen LogP contribution < -0.4 is 10.6 Å². The summed E-state index contributed by atoms with van der Waals surface area (Å²) >= 11 is 0. The van der Waals surface area contributed by atoms with Gasteiger partial charge in [-0.2, -0.15) is 0 Å². The van der Waals surface area contributed by atoms with Crippen molar-refractivity contribution >= 4 is 17.7 Å². The van der Waals surface area contributed by atoms with Crippen LogP contribution >= 0.6 is 0 Å². The molecule has 1 aliphatic rings. The summed E-state index contributed by atoms with van der Waals surface area (Å²) in [5.74, 6) is 0.0148. The molecule has 0 spiro atoms. The number of aromatic nitrogens is 1. The maximum Gasteiger partial charge on any atom is 0.335 e. The highest BCUT2D eigenvalue weighted by molar-refractivity contribution is 5.88. The van der Waals surface area contributed by atoms with E-state index in [2.05, 4.69) is 15.6 Å². The molecule has 6 heteroatoms. The Bertz CT molecular complexity index is 539. The molecule has 1 aliphatic carbocycles. The largest absolute Gasteiger partial charge is 0.478 e. The molecule has 6 nitrogen and oxygen atoms in total. The van der Waals surface area contributed by atoms with Crippen LogP contribution in [0.4, 0.5) is 5.82 Å². The van der Waals surface area contributed by atoms with Crippen molar-refractivity contribution in [3.05, 3.63) is 23.4 Å². The lowest BCUT2D eigenvalue weighted by molar-refractivity contribution is -0.122. The Morgan fingerprint density at radius 2 is 2.05 bits per heavy atom. The molecular weight excluding hydrogens is 270 g/mol. The van der Waals surface area contributed by atoms with Crippen molar-refractivity contribution in [2.24, 2.45) is 5.92 Å². The molecular formula is C15H21N3O3. The van der Waals surface area contributed by atoms with E-state index >= 15 is 0 Å². The molecule has 2 rings (SSSR count). The fourth-order valence-electron chi connectivity index (χ4n) is 1.93. The van der Waals surface area contributed by atoms with Crippen LogP contribution in [0.5, 0.6) is 0 Å². The second-order valence-corrected chi connectivity index (χ2v) is 5.62. The molecule has 0 radical (unpaired) electrons. The van der Waals surface area contributed by atoms with Crippen LogP contribution in [-0.2, 0) is 4.79 Å². The number of carbonyl (C=O) groups is 2. The van der Waals surface area contributed by atoms with E-state index in [0.29, 0.717) is 18.9 Å². The number of nitrogens with zero attached hydrogens (tertiary/aromatic N) is 1. The SMILES string of the molecule is CC(C)c1cc(C(=O)O)cc(NCCNC(=O)C2CC2)n1. The molecule has 0 unspecified atom stereocenters. The van der Waals surface area contributed by atoms with E-state index in [-0.39, 0.29) is 23.3 Å². The number of amides is 1. The van der Waals surface area contributed by atoms with Gasteiger partial charge in [-0.1, -0.05) is 13.8 Å². The lowest BCUT2D eigenvalue weighted by Gasteiger charge is -2.11. The first-order chi connectivity index (χ1) is 9.97. The Balaban J connectivity index is 1.91. The number of hydrogen-bond acceptors (Lipinski definition) is 4. The summed E-state index contributed by atoms with van der Waals surface area (Å²) in [5.41, 5.74) is 0.956. The smallest absolute Gasteiger partial charge is 0.335 e. The van der Waals surface area contributed by atoms with Gasteiger partial charge in [0.05, 0.1) is 5.56 Å². The Morgan fingerprint density at radius 1 is 1.33 bits per heavy atom. The van der Waals surface area contributed by atoms with E-state index in [1.807, 2.05) is 13.8 Å². The van der Waals surface area contributed by atoms with Crippen LogP contribution in [0.2, 0.25) is 0 Å². The average molecular weight is 291 g/mol. The fourth-order valence-corrected chi connectivity index (χ4v) is 1.93. The highest BCUT2D eigenvalue weighted by Gasteiger charge is 2.28. The van der Waals surface area contributed by atoms with E-state index in [1.54, 1.807) is 6.07 Å². The lowest BCUT2D eigenvalue weighted by Crippen LogP contribution is -2.30. The van der Waals surface area contributed by atoms with Crippen LogP contribution in [0.25, 0.3) is 0 Å². The van der Waals surface area contributed by atoms with E-state index in [1.165, 1.54) is 6.07 Å². The number of hydrogen-bond donors (Lipinski definition) is 3. The van der Waals surface area contributed by atoms with Gasteiger partial charge in [-0.3, -0.25) is 4.79 Å². The third-order valence-electron chi connectivity index (χ3n) is 3.36. The third kappa shape index (κ3) is 4.44. The molecule has 0 bridgehead atoms. The molecule has 0 aromatic carbocycles. The number of carboxylic acid groups (broad SMARTS) is 1. The van der Waals surface area contributed by atoms with Gasteiger partial charge in [0.25, 0.3) is 0 Å². The molecule has 21 heavy (non-hydrogen) atoms. The van der Waals surface area contributed by atoms with Gasteiger partial charge in [0.1, 0.15) is 5.82 Å². The summed E-state index contributed by atoms with van der Waals surface area (Å²) in [6.07, 6.45) is 1.97.